The third-order valence-electron chi connectivity index (χ3n) is 4.51. The average molecular weight is 452 g/mol. The van der Waals surface area contributed by atoms with Gasteiger partial charge in [-0.1, -0.05) is 47.2 Å². The number of benzene rings is 2. The lowest BCUT2D eigenvalue weighted by atomic mass is 10.1. The van der Waals surface area contributed by atoms with Crippen molar-refractivity contribution in [3.63, 3.8) is 0 Å². The molecule has 7 nitrogen and oxygen atoms in total. The monoisotopic (exact) mass is 451 g/mol. The van der Waals surface area contributed by atoms with Crippen molar-refractivity contribution in [1.82, 2.24) is 20.8 Å². The van der Waals surface area contributed by atoms with E-state index < -0.39 is 6.04 Å². The number of carbonyl (C=O) groups is 2. The molecule has 2 aromatic heterocycles. The molecule has 0 aliphatic carbocycles. The van der Waals surface area contributed by atoms with E-state index in [-0.39, 0.29) is 18.2 Å². The van der Waals surface area contributed by atoms with Gasteiger partial charge in [0.15, 0.2) is 5.13 Å². The Morgan fingerprint density at radius 2 is 1.90 bits per heavy atom. The van der Waals surface area contributed by atoms with Gasteiger partial charge in [0.05, 0.1) is 22.3 Å². The minimum atomic E-state index is -0.562. The Labute approximate surface area is 187 Å². The summed E-state index contributed by atoms with van der Waals surface area (Å²) in [5.41, 5.74) is 8.63. The zero-order valence-corrected chi connectivity index (χ0v) is 18.6. The standard InChI is InChI=1S/C22H21N5O2S2/c1-13-6-5-7-15(10-13)21-24-16(12-30-21)11-19(28)26-27-20(29)14(2)23-22-25-17-8-3-4-9-18(17)31-22/h3-10,12,14H,11H2,1-2H3,(H,23,25)(H,26,28)(H,27,29)/t14-/m0/s1. The van der Waals surface area contributed by atoms with Gasteiger partial charge in [-0.15, -0.1) is 11.3 Å². The third kappa shape index (κ3) is 5.25. The molecule has 0 aliphatic rings. The SMILES string of the molecule is Cc1cccc(-c2nc(CC(=O)NNC(=O)[C@H](C)Nc3nc4ccccc4s3)cs2)c1. The summed E-state index contributed by atoms with van der Waals surface area (Å²) in [5, 5.41) is 6.44. The lowest BCUT2D eigenvalue weighted by molar-refractivity contribution is -0.128. The van der Waals surface area contributed by atoms with E-state index in [4.69, 9.17) is 0 Å². The number of nitrogens with one attached hydrogen (secondary N) is 3. The normalized spacial score (nSPS) is 11.8. The van der Waals surface area contributed by atoms with Gasteiger partial charge in [0.1, 0.15) is 11.0 Å². The number of carbonyl (C=O) groups excluding carboxylic acids is 2. The number of hydrogen-bond acceptors (Lipinski definition) is 7. The molecule has 0 fully saturated rings. The molecule has 4 aromatic rings. The lowest BCUT2D eigenvalue weighted by Crippen LogP contribution is -2.48. The molecule has 0 aliphatic heterocycles. The summed E-state index contributed by atoms with van der Waals surface area (Å²) in [7, 11) is 0. The maximum Gasteiger partial charge on any atom is 0.260 e. The molecule has 31 heavy (non-hydrogen) atoms. The van der Waals surface area contributed by atoms with Crippen molar-refractivity contribution in [3.8, 4) is 10.6 Å². The molecule has 158 valence electrons. The Morgan fingerprint density at radius 3 is 2.71 bits per heavy atom. The second kappa shape index (κ2) is 9.23. The van der Waals surface area contributed by atoms with E-state index in [1.54, 1.807) is 6.92 Å². The zero-order chi connectivity index (χ0) is 21.8. The van der Waals surface area contributed by atoms with Crippen LogP contribution in [0.2, 0.25) is 0 Å². The van der Waals surface area contributed by atoms with Gasteiger partial charge in [-0.05, 0) is 32.0 Å². The molecule has 0 saturated carbocycles. The van der Waals surface area contributed by atoms with E-state index >= 15 is 0 Å². The summed E-state index contributed by atoms with van der Waals surface area (Å²) in [6, 6.07) is 15.3. The van der Waals surface area contributed by atoms with Crippen molar-refractivity contribution in [2.24, 2.45) is 0 Å². The third-order valence-corrected chi connectivity index (χ3v) is 6.42. The first-order valence-electron chi connectivity index (χ1n) is 9.70. The second-order valence-electron chi connectivity index (χ2n) is 7.08. The number of anilines is 1. The van der Waals surface area contributed by atoms with Gasteiger partial charge in [-0.3, -0.25) is 20.4 Å². The smallest absolute Gasteiger partial charge is 0.260 e. The number of thiazole rings is 2. The highest BCUT2D eigenvalue weighted by atomic mass is 32.1. The number of para-hydroxylation sites is 1. The fourth-order valence-corrected chi connectivity index (χ4v) is 4.70. The van der Waals surface area contributed by atoms with E-state index in [2.05, 4.69) is 32.2 Å². The highest BCUT2D eigenvalue weighted by Gasteiger charge is 2.16. The molecule has 4 rings (SSSR count). The van der Waals surface area contributed by atoms with E-state index in [1.807, 2.05) is 54.8 Å². The van der Waals surface area contributed by atoms with E-state index in [0.29, 0.717) is 10.8 Å². The van der Waals surface area contributed by atoms with Crippen LogP contribution < -0.4 is 16.2 Å². The number of nitrogens with zero attached hydrogens (tertiary/aromatic N) is 2. The Morgan fingerprint density at radius 1 is 1.06 bits per heavy atom. The van der Waals surface area contributed by atoms with Crippen LogP contribution in [-0.4, -0.2) is 27.8 Å². The first-order chi connectivity index (χ1) is 15.0. The molecule has 0 bridgehead atoms. The number of hydrogen-bond donors (Lipinski definition) is 3. The summed E-state index contributed by atoms with van der Waals surface area (Å²) in [6.07, 6.45) is 0.0856. The minimum Gasteiger partial charge on any atom is -0.350 e. The van der Waals surface area contributed by atoms with Gasteiger partial charge >= 0.3 is 0 Å². The van der Waals surface area contributed by atoms with Gasteiger partial charge in [0.25, 0.3) is 5.91 Å². The Balaban J connectivity index is 1.27. The number of amides is 2. The van der Waals surface area contributed by atoms with Gasteiger partial charge in [-0.2, -0.15) is 0 Å². The number of rotatable bonds is 6. The predicted octanol–water partition coefficient (Wildman–Crippen LogP) is 3.92. The van der Waals surface area contributed by atoms with Crippen LogP contribution in [0.15, 0.2) is 53.9 Å². The zero-order valence-electron chi connectivity index (χ0n) is 17.0. The van der Waals surface area contributed by atoms with E-state index in [1.165, 1.54) is 22.7 Å². The van der Waals surface area contributed by atoms with Crippen molar-refractivity contribution in [1.29, 1.82) is 0 Å². The molecule has 2 aromatic carbocycles. The first kappa shape index (κ1) is 21.0. The Bertz CT molecular complexity index is 1200. The van der Waals surface area contributed by atoms with Crippen LogP contribution in [0, 0.1) is 6.92 Å². The van der Waals surface area contributed by atoms with Crippen molar-refractivity contribution < 1.29 is 9.59 Å². The molecule has 0 saturated heterocycles. The van der Waals surface area contributed by atoms with Crippen LogP contribution in [0.4, 0.5) is 5.13 Å². The average Bonchev–Trinajstić information content (AvgIpc) is 3.38. The summed E-state index contributed by atoms with van der Waals surface area (Å²) >= 11 is 2.97. The van der Waals surface area contributed by atoms with E-state index in [9.17, 15) is 9.59 Å². The van der Waals surface area contributed by atoms with Crippen molar-refractivity contribution in [2.45, 2.75) is 26.3 Å². The number of aromatic nitrogens is 2. The van der Waals surface area contributed by atoms with Crippen LogP contribution in [0.25, 0.3) is 20.8 Å². The molecule has 3 N–H and O–H groups in total. The maximum absolute atomic E-state index is 12.3. The molecule has 2 amide bonds. The predicted molar refractivity (Wildman–Crippen MR) is 125 cm³/mol. The highest BCUT2D eigenvalue weighted by molar-refractivity contribution is 7.22. The number of fused-ring (bicyclic) bond motifs is 1. The van der Waals surface area contributed by atoms with Crippen molar-refractivity contribution >= 4 is 49.8 Å². The lowest BCUT2D eigenvalue weighted by Gasteiger charge is -2.13. The first-order valence-corrected chi connectivity index (χ1v) is 11.4. The Hall–Kier alpha value is -3.30. The fraction of sp³-hybridized carbons (Fsp3) is 0.182. The number of aryl methyl sites for hydroxylation is 1. The van der Waals surface area contributed by atoms with Crippen LogP contribution >= 0.6 is 22.7 Å². The second-order valence-corrected chi connectivity index (χ2v) is 8.97. The quantitative estimate of drug-likeness (QED) is 0.386. The van der Waals surface area contributed by atoms with Crippen molar-refractivity contribution in [2.75, 3.05) is 5.32 Å². The minimum absolute atomic E-state index is 0.0856. The van der Waals surface area contributed by atoms with E-state index in [0.717, 1.165) is 26.4 Å². The number of hydrazine groups is 1. The van der Waals surface area contributed by atoms with Gasteiger partial charge in [-0.25, -0.2) is 9.97 Å². The van der Waals surface area contributed by atoms with Crippen LogP contribution in [0.3, 0.4) is 0 Å². The summed E-state index contributed by atoms with van der Waals surface area (Å²) in [4.78, 5) is 33.5. The molecule has 2 heterocycles. The molecular weight excluding hydrogens is 430 g/mol. The highest BCUT2D eigenvalue weighted by Crippen LogP contribution is 2.26. The summed E-state index contributed by atoms with van der Waals surface area (Å²) < 4.78 is 1.04. The summed E-state index contributed by atoms with van der Waals surface area (Å²) in [6.45, 7) is 3.74. The van der Waals surface area contributed by atoms with Crippen molar-refractivity contribution in [3.05, 3.63) is 65.2 Å². The fourth-order valence-electron chi connectivity index (χ4n) is 2.93. The molecule has 0 spiro atoms. The molecule has 0 radical (unpaired) electrons. The topological polar surface area (TPSA) is 96.0 Å². The van der Waals surface area contributed by atoms with Gasteiger partial charge in [0.2, 0.25) is 5.91 Å². The maximum atomic E-state index is 12.3. The van der Waals surface area contributed by atoms with Crippen LogP contribution in [-0.2, 0) is 16.0 Å². The molecular formula is C22H21N5O2S2. The molecule has 0 unspecified atom stereocenters. The van der Waals surface area contributed by atoms with Gasteiger partial charge < -0.3 is 5.32 Å². The summed E-state index contributed by atoms with van der Waals surface area (Å²) in [5.74, 6) is -0.687. The van der Waals surface area contributed by atoms with Crippen LogP contribution in [0.1, 0.15) is 18.2 Å². The Kier molecular flexibility index (Phi) is 6.24. The molecule has 1 atom stereocenters. The van der Waals surface area contributed by atoms with Crippen LogP contribution in [0.5, 0.6) is 0 Å². The largest absolute Gasteiger partial charge is 0.350 e. The molecule has 9 heteroatoms. The van der Waals surface area contributed by atoms with Gasteiger partial charge in [0, 0.05) is 10.9 Å².